The van der Waals surface area contributed by atoms with Crippen LogP contribution < -0.4 is 10.1 Å². The lowest BCUT2D eigenvalue weighted by atomic mass is 10.0. The molecule has 1 unspecified atom stereocenters. The third-order valence-corrected chi connectivity index (χ3v) is 2.83. The summed E-state index contributed by atoms with van der Waals surface area (Å²) in [6.07, 6.45) is 7.76. The van der Waals surface area contributed by atoms with E-state index in [1.165, 1.54) is 0 Å². The molecule has 5 heteroatoms. The van der Waals surface area contributed by atoms with Crippen molar-refractivity contribution in [2.24, 2.45) is 0 Å². The van der Waals surface area contributed by atoms with Crippen LogP contribution in [-0.2, 0) is 6.42 Å². The van der Waals surface area contributed by atoms with Crippen molar-refractivity contribution in [1.29, 1.82) is 0 Å². The number of methoxy groups -OCH3 is 1. The van der Waals surface area contributed by atoms with E-state index in [4.69, 9.17) is 4.74 Å². The Hall–Kier alpha value is -2.01. The standard InChI is InChI=1S/C14H18N4O/c1-3-16-12(9-11-5-4-6-15-10-11)13-14(19-2)18-8-7-17-13/h4-8,10,12,16H,3,9H2,1-2H3. The van der Waals surface area contributed by atoms with Crippen LogP contribution in [0.5, 0.6) is 5.88 Å². The topological polar surface area (TPSA) is 59.9 Å². The number of ether oxygens (including phenoxy) is 1. The molecule has 2 aromatic rings. The molecule has 2 rings (SSSR count). The molecule has 1 N–H and O–H groups in total. The Balaban J connectivity index is 2.24. The van der Waals surface area contributed by atoms with Crippen LogP contribution in [0.15, 0.2) is 36.9 Å². The van der Waals surface area contributed by atoms with Crippen molar-refractivity contribution >= 4 is 0 Å². The van der Waals surface area contributed by atoms with Crippen LogP contribution in [-0.4, -0.2) is 28.6 Å². The zero-order valence-corrected chi connectivity index (χ0v) is 11.2. The first-order valence-corrected chi connectivity index (χ1v) is 6.32. The van der Waals surface area contributed by atoms with Crippen molar-refractivity contribution in [2.75, 3.05) is 13.7 Å². The van der Waals surface area contributed by atoms with Gasteiger partial charge in [-0.2, -0.15) is 0 Å². The van der Waals surface area contributed by atoms with Gasteiger partial charge in [-0.1, -0.05) is 13.0 Å². The summed E-state index contributed by atoms with van der Waals surface area (Å²) in [5.74, 6) is 0.567. The second-order valence-corrected chi connectivity index (χ2v) is 4.13. The highest BCUT2D eigenvalue weighted by atomic mass is 16.5. The summed E-state index contributed by atoms with van der Waals surface area (Å²) < 4.78 is 5.28. The number of hydrogen-bond donors (Lipinski definition) is 1. The molecule has 5 nitrogen and oxygen atoms in total. The summed E-state index contributed by atoms with van der Waals surface area (Å²) in [6.45, 7) is 2.92. The summed E-state index contributed by atoms with van der Waals surface area (Å²) in [5, 5.41) is 3.41. The zero-order valence-electron chi connectivity index (χ0n) is 11.2. The molecule has 0 saturated heterocycles. The number of likely N-dealkylation sites (N-methyl/N-ethyl adjacent to an activating group) is 1. The molecular formula is C14H18N4O. The first kappa shape index (κ1) is 13.4. The zero-order chi connectivity index (χ0) is 13.5. The molecule has 0 aliphatic carbocycles. The Kier molecular flexibility index (Phi) is 4.80. The Morgan fingerprint density at radius 2 is 2.11 bits per heavy atom. The van der Waals surface area contributed by atoms with E-state index in [-0.39, 0.29) is 6.04 Å². The van der Waals surface area contributed by atoms with E-state index in [1.54, 1.807) is 25.7 Å². The lowest BCUT2D eigenvalue weighted by Gasteiger charge is -2.18. The minimum absolute atomic E-state index is 0.0675. The minimum Gasteiger partial charge on any atom is -0.480 e. The summed E-state index contributed by atoms with van der Waals surface area (Å²) in [5.41, 5.74) is 1.98. The van der Waals surface area contributed by atoms with Gasteiger partial charge in [0.2, 0.25) is 5.88 Å². The third-order valence-electron chi connectivity index (χ3n) is 2.83. The van der Waals surface area contributed by atoms with E-state index in [9.17, 15) is 0 Å². The number of aromatic nitrogens is 3. The molecule has 19 heavy (non-hydrogen) atoms. The van der Waals surface area contributed by atoms with Gasteiger partial charge < -0.3 is 10.1 Å². The van der Waals surface area contributed by atoms with Gasteiger partial charge in [0.25, 0.3) is 0 Å². The van der Waals surface area contributed by atoms with Gasteiger partial charge in [-0.15, -0.1) is 0 Å². The molecule has 0 radical (unpaired) electrons. The Bertz CT molecular complexity index is 504. The Morgan fingerprint density at radius 1 is 1.26 bits per heavy atom. The normalized spacial score (nSPS) is 12.1. The number of hydrogen-bond acceptors (Lipinski definition) is 5. The van der Waals surface area contributed by atoms with Crippen LogP contribution in [0.2, 0.25) is 0 Å². The fourth-order valence-electron chi connectivity index (χ4n) is 2.00. The van der Waals surface area contributed by atoms with Crippen LogP contribution in [0.4, 0.5) is 0 Å². The van der Waals surface area contributed by atoms with E-state index >= 15 is 0 Å². The maximum Gasteiger partial charge on any atom is 0.237 e. The van der Waals surface area contributed by atoms with E-state index in [0.29, 0.717) is 5.88 Å². The molecule has 1 atom stereocenters. The molecular weight excluding hydrogens is 240 g/mol. The van der Waals surface area contributed by atoms with Gasteiger partial charge in [-0.25, -0.2) is 4.98 Å². The smallest absolute Gasteiger partial charge is 0.237 e. The second kappa shape index (κ2) is 6.80. The van der Waals surface area contributed by atoms with E-state index in [2.05, 4.69) is 33.3 Å². The Labute approximate surface area is 113 Å². The molecule has 0 aliphatic heterocycles. The monoisotopic (exact) mass is 258 g/mol. The average molecular weight is 258 g/mol. The Morgan fingerprint density at radius 3 is 2.79 bits per heavy atom. The van der Waals surface area contributed by atoms with Crippen LogP contribution in [0.3, 0.4) is 0 Å². The highest BCUT2D eigenvalue weighted by Crippen LogP contribution is 2.22. The highest BCUT2D eigenvalue weighted by molar-refractivity contribution is 5.24. The van der Waals surface area contributed by atoms with Crippen molar-refractivity contribution in [1.82, 2.24) is 20.3 Å². The number of nitrogens with zero attached hydrogens (tertiary/aromatic N) is 3. The third kappa shape index (κ3) is 3.48. The fourth-order valence-corrected chi connectivity index (χ4v) is 2.00. The fraction of sp³-hybridized carbons (Fsp3) is 0.357. The number of rotatable bonds is 6. The molecule has 2 heterocycles. The first-order chi connectivity index (χ1) is 9.35. The van der Waals surface area contributed by atoms with E-state index < -0.39 is 0 Å². The predicted octanol–water partition coefficient (Wildman–Crippen LogP) is 1.77. The highest BCUT2D eigenvalue weighted by Gasteiger charge is 2.18. The quantitative estimate of drug-likeness (QED) is 0.855. The van der Waals surface area contributed by atoms with Crippen molar-refractivity contribution in [3.05, 3.63) is 48.2 Å². The van der Waals surface area contributed by atoms with Crippen LogP contribution in [0, 0.1) is 0 Å². The summed E-state index contributed by atoms with van der Waals surface area (Å²) in [7, 11) is 1.61. The lowest BCUT2D eigenvalue weighted by Crippen LogP contribution is -2.24. The molecule has 2 aromatic heterocycles. The van der Waals surface area contributed by atoms with Gasteiger partial charge in [0.1, 0.15) is 5.69 Å². The molecule has 0 spiro atoms. The molecule has 0 bridgehead atoms. The number of pyridine rings is 1. The van der Waals surface area contributed by atoms with Gasteiger partial charge in [-0.3, -0.25) is 9.97 Å². The van der Waals surface area contributed by atoms with Crippen LogP contribution >= 0.6 is 0 Å². The summed E-state index contributed by atoms with van der Waals surface area (Å²) in [6, 6.07) is 4.06. The molecule has 0 aliphatic rings. The van der Waals surface area contributed by atoms with Crippen LogP contribution in [0.25, 0.3) is 0 Å². The van der Waals surface area contributed by atoms with Gasteiger partial charge in [0.15, 0.2) is 0 Å². The summed E-state index contributed by atoms with van der Waals surface area (Å²) in [4.78, 5) is 12.7. The van der Waals surface area contributed by atoms with Crippen molar-refractivity contribution in [3.8, 4) is 5.88 Å². The minimum atomic E-state index is 0.0675. The van der Waals surface area contributed by atoms with E-state index in [1.807, 2.05) is 12.3 Å². The molecule has 0 fully saturated rings. The molecule has 0 saturated carbocycles. The largest absolute Gasteiger partial charge is 0.480 e. The van der Waals surface area contributed by atoms with E-state index in [0.717, 1.165) is 24.2 Å². The van der Waals surface area contributed by atoms with Gasteiger partial charge in [0.05, 0.1) is 13.2 Å². The maximum absolute atomic E-state index is 5.28. The summed E-state index contributed by atoms with van der Waals surface area (Å²) >= 11 is 0. The molecule has 0 amide bonds. The van der Waals surface area contributed by atoms with Crippen molar-refractivity contribution in [2.45, 2.75) is 19.4 Å². The van der Waals surface area contributed by atoms with Crippen molar-refractivity contribution in [3.63, 3.8) is 0 Å². The van der Waals surface area contributed by atoms with Crippen LogP contribution in [0.1, 0.15) is 24.2 Å². The average Bonchev–Trinajstić information content (AvgIpc) is 2.48. The SMILES string of the molecule is CCNC(Cc1cccnc1)c1nccnc1OC. The molecule has 0 aromatic carbocycles. The van der Waals surface area contributed by atoms with Gasteiger partial charge in [0, 0.05) is 24.8 Å². The molecule has 100 valence electrons. The predicted molar refractivity (Wildman–Crippen MR) is 72.9 cm³/mol. The van der Waals surface area contributed by atoms with Gasteiger partial charge >= 0.3 is 0 Å². The second-order valence-electron chi connectivity index (χ2n) is 4.13. The van der Waals surface area contributed by atoms with Crippen molar-refractivity contribution < 1.29 is 4.74 Å². The lowest BCUT2D eigenvalue weighted by molar-refractivity contribution is 0.377. The van der Waals surface area contributed by atoms with Gasteiger partial charge in [-0.05, 0) is 24.6 Å². The maximum atomic E-state index is 5.28. The number of nitrogens with one attached hydrogen (secondary N) is 1. The first-order valence-electron chi connectivity index (χ1n) is 6.32.